The Morgan fingerprint density at radius 2 is 1.67 bits per heavy atom. The monoisotopic (exact) mass is 368 g/mol. The summed E-state index contributed by atoms with van der Waals surface area (Å²) >= 11 is 6.40. The molecule has 2 aromatic heterocycles. The van der Waals surface area contributed by atoms with Gasteiger partial charge >= 0.3 is 7.32 Å². The highest BCUT2D eigenvalue weighted by Crippen LogP contribution is 2.45. The first-order valence-corrected chi connectivity index (χ1v) is 10.9. The van der Waals surface area contributed by atoms with Gasteiger partial charge in [-0.15, -0.1) is 0 Å². The third-order valence-electron chi connectivity index (χ3n) is 5.04. The van der Waals surface area contributed by atoms with Gasteiger partial charge < -0.3 is 18.9 Å². The van der Waals surface area contributed by atoms with Crippen LogP contribution < -0.4 is 4.65 Å². The third-order valence-corrected chi connectivity index (χ3v) is 12.2. The van der Waals surface area contributed by atoms with E-state index < -0.39 is 15.6 Å². The van der Waals surface area contributed by atoms with Crippen molar-refractivity contribution in [3.05, 3.63) is 23.5 Å². The number of nitrogens with zero attached hydrogens (tertiary/aromatic N) is 2. The van der Waals surface area contributed by atoms with Crippen molar-refractivity contribution < 1.29 is 14.7 Å². The van der Waals surface area contributed by atoms with Crippen LogP contribution >= 0.6 is 11.6 Å². The van der Waals surface area contributed by atoms with Gasteiger partial charge in [0.05, 0.1) is 11.2 Å². The molecule has 2 rings (SSSR count). The summed E-state index contributed by atoms with van der Waals surface area (Å²) in [5, 5.41) is 19.1. The van der Waals surface area contributed by atoms with E-state index in [0.29, 0.717) is 21.6 Å². The van der Waals surface area contributed by atoms with Crippen LogP contribution in [0.25, 0.3) is 11.0 Å². The average Bonchev–Trinajstić information content (AvgIpc) is 2.86. The molecule has 0 saturated carbocycles. The third kappa shape index (κ3) is 2.98. The Kier molecular flexibility index (Phi) is 5.69. The molecular formula is C16H26BClN2O3Si. The van der Waals surface area contributed by atoms with E-state index in [0.717, 1.165) is 11.0 Å². The van der Waals surface area contributed by atoms with Crippen molar-refractivity contribution in [1.29, 1.82) is 0 Å². The number of hydrogen-bond donors (Lipinski definition) is 2. The highest BCUT2D eigenvalue weighted by atomic mass is 35.5. The maximum absolute atomic E-state index is 9.00. The molecular weight excluding hydrogens is 343 g/mol. The van der Waals surface area contributed by atoms with Crippen LogP contribution in [0.2, 0.25) is 21.6 Å². The summed E-state index contributed by atoms with van der Waals surface area (Å²) < 4.78 is 7.26. The van der Waals surface area contributed by atoms with E-state index in [2.05, 4.69) is 57.0 Å². The summed E-state index contributed by atoms with van der Waals surface area (Å²) in [6.45, 7) is 13.7. The second kappa shape index (κ2) is 7.08. The minimum atomic E-state index is -1.93. The van der Waals surface area contributed by atoms with Crippen LogP contribution in [0, 0.1) is 0 Å². The molecule has 5 nitrogen and oxygen atoms in total. The lowest BCUT2D eigenvalue weighted by Crippen LogP contribution is -2.51. The maximum atomic E-state index is 9.00. The van der Waals surface area contributed by atoms with Crippen molar-refractivity contribution in [2.24, 2.45) is 0 Å². The zero-order chi connectivity index (χ0) is 18.2. The van der Waals surface area contributed by atoms with Gasteiger partial charge in [-0.2, -0.15) is 0 Å². The molecule has 24 heavy (non-hydrogen) atoms. The van der Waals surface area contributed by atoms with E-state index in [1.165, 1.54) is 6.20 Å². The molecule has 132 valence electrons. The van der Waals surface area contributed by atoms with E-state index in [4.69, 9.17) is 26.3 Å². The van der Waals surface area contributed by atoms with E-state index in [1.807, 2.05) is 6.07 Å². The Labute approximate surface area is 149 Å². The molecule has 0 aliphatic heterocycles. The Bertz CT molecular complexity index is 697. The number of halogens is 1. The van der Waals surface area contributed by atoms with Gasteiger partial charge in [-0.3, -0.25) is 0 Å². The number of rotatable bonds is 6. The topological polar surface area (TPSA) is 67.5 Å². The lowest BCUT2D eigenvalue weighted by molar-refractivity contribution is 0.288. The zero-order valence-electron chi connectivity index (χ0n) is 15.1. The Balaban J connectivity index is 2.71. The predicted octanol–water partition coefficient (Wildman–Crippen LogP) is 4.06. The first-order chi connectivity index (χ1) is 11.1. The fraction of sp³-hybridized carbons (Fsp3) is 0.562. The number of fused-ring (bicyclic) bond motifs is 1. The van der Waals surface area contributed by atoms with Crippen molar-refractivity contribution >= 4 is 38.2 Å². The molecule has 8 heteroatoms. The smallest absolute Gasteiger partial charge is 0.509 e. The van der Waals surface area contributed by atoms with Gasteiger partial charge in [0, 0.05) is 5.39 Å². The second-order valence-electron chi connectivity index (χ2n) is 7.15. The summed E-state index contributed by atoms with van der Waals surface area (Å²) in [6.07, 6.45) is 3.54. The average molecular weight is 369 g/mol. The fourth-order valence-corrected chi connectivity index (χ4v) is 11.2. The molecule has 0 bridgehead atoms. The first kappa shape index (κ1) is 19.3. The number of pyridine rings is 1. The van der Waals surface area contributed by atoms with Crippen LogP contribution in [0.5, 0.6) is 5.75 Å². The molecule has 0 aromatic carbocycles. The van der Waals surface area contributed by atoms with Gasteiger partial charge in [-0.1, -0.05) is 53.1 Å². The van der Waals surface area contributed by atoms with Gasteiger partial charge in [-0.25, -0.2) is 4.98 Å². The Hall–Kier alpha value is -1.02. The Morgan fingerprint density at radius 1 is 1.12 bits per heavy atom. The molecule has 0 radical (unpaired) electrons. The van der Waals surface area contributed by atoms with Gasteiger partial charge in [0.2, 0.25) is 0 Å². The molecule has 2 N–H and O–H groups in total. The van der Waals surface area contributed by atoms with E-state index in [9.17, 15) is 0 Å². The van der Waals surface area contributed by atoms with Crippen LogP contribution in [0.4, 0.5) is 0 Å². The van der Waals surface area contributed by atoms with Crippen molar-refractivity contribution in [3.63, 3.8) is 0 Å². The minimum absolute atomic E-state index is 0.169. The van der Waals surface area contributed by atoms with Crippen molar-refractivity contribution in [2.75, 3.05) is 0 Å². The molecule has 2 heterocycles. The second-order valence-corrected chi connectivity index (χ2v) is 13.3. The summed E-state index contributed by atoms with van der Waals surface area (Å²) in [4.78, 5) is 4.53. The molecule has 0 aliphatic rings. The number of hydrogen-bond acceptors (Lipinski definition) is 4. The molecule has 0 atom stereocenters. The molecule has 0 spiro atoms. The van der Waals surface area contributed by atoms with Crippen LogP contribution in [-0.4, -0.2) is 34.8 Å². The predicted molar refractivity (Wildman–Crippen MR) is 102 cm³/mol. The highest BCUT2D eigenvalue weighted by molar-refractivity contribution is 6.82. The van der Waals surface area contributed by atoms with Crippen LogP contribution in [0.1, 0.15) is 41.5 Å². The molecule has 0 unspecified atom stereocenters. The molecule has 2 aromatic rings. The van der Waals surface area contributed by atoms with Crippen molar-refractivity contribution in [1.82, 2.24) is 9.22 Å². The molecule has 0 amide bonds. The van der Waals surface area contributed by atoms with Gasteiger partial charge in [0.25, 0.3) is 0 Å². The fourth-order valence-electron chi connectivity index (χ4n) is 4.38. The van der Waals surface area contributed by atoms with Gasteiger partial charge in [0.1, 0.15) is 11.4 Å². The molecule has 0 fully saturated rings. The van der Waals surface area contributed by atoms with Crippen LogP contribution in [-0.2, 0) is 0 Å². The molecule has 0 aliphatic carbocycles. The highest BCUT2D eigenvalue weighted by Gasteiger charge is 2.46. The normalized spacial score (nSPS) is 12.7. The van der Waals surface area contributed by atoms with Gasteiger partial charge in [-0.05, 0) is 28.9 Å². The van der Waals surface area contributed by atoms with E-state index in [1.54, 1.807) is 0 Å². The summed E-state index contributed by atoms with van der Waals surface area (Å²) in [7, 11) is -3.85. The van der Waals surface area contributed by atoms with E-state index >= 15 is 0 Å². The lowest BCUT2D eigenvalue weighted by atomic mass is 10.2. The lowest BCUT2D eigenvalue weighted by Gasteiger charge is -2.44. The SMILES string of the molecule is CC(C)[Si](C(C)C)(C(C)C)n1ccc2c(Cl)c(OB(O)O)cnc21. The van der Waals surface area contributed by atoms with Crippen molar-refractivity contribution in [3.8, 4) is 5.75 Å². The molecule has 0 saturated heterocycles. The largest absolute Gasteiger partial charge is 0.707 e. The van der Waals surface area contributed by atoms with Crippen LogP contribution in [0.3, 0.4) is 0 Å². The quantitative estimate of drug-likeness (QED) is 0.754. The van der Waals surface area contributed by atoms with Crippen molar-refractivity contribution in [2.45, 2.75) is 58.2 Å². The Morgan fingerprint density at radius 3 is 2.12 bits per heavy atom. The summed E-state index contributed by atoms with van der Waals surface area (Å²) in [5.74, 6) is 0.169. The van der Waals surface area contributed by atoms with E-state index in [-0.39, 0.29) is 5.75 Å². The van der Waals surface area contributed by atoms with Gasteiger partial charge in [0.15, 0.2) is 8.24 Å². The summed E-state index contributed by atoms with van der Waals surface area (Å²) in [5.41, 5.74) is 2.43. The number of aromatic nitrogens is 2. The minimum Gasteiger partial charge on any atom is -0.509 e. The standard InChI is InChI=1S/C16H26BClN2O3Si/c1-10(2)24(11(3)4,12(5)6)20-8-7-13-15(18)14(23-17(21)22)9-19-16(13)20/h7-12,21-22H,1-6H3. The first-order valence-electron chi connectivity index (χ1n) is 8.32. The summed E-state index contributed by atoms with van der Waals surface area (Å²) in [6, 6.07) is 1.94. The maximum Gasteiger partial charge on any atom is 0.707 e. The van der Waals surface area contributed by atoms with Crippen LogP contribution in [0.15, 0.2) is 18.5 Å². The zero-order valence-corrected chi connectivity index (χ0v) is 16.9.